The van der Waals surface area contributed by atoms with Crippen LogP contribution in [-0.2, 0) is 13.0 Å². The van der Waals surface area contributed by atoms with Crippen LogP contribution < -0.4 is 5.32 Å². The van der Waals surface area contributed by atoms with Crippen LogP contribution in [0.3, 0.4) is 0 Å². The monoisotopic (exact) mass is 305 g/mol. The smallest absolute Gasteiger partial charge is 0.181 e. The van der Waals surface area contributed by atoms with Gasteiger partial charge in [0, 0.05) is 17.1 Å². The summed E-state index contributed by atoms with van der Waals surface area (Å²) < 4.78 is 0. The van der Waals surface area contributed by atoms with Crippen LogP contribution in [0.5, 0.6) is 0 Å². The Morgan fingerprint density at radius 2 is 1.85 bits per heavy atom. The molecule has 2 nitrogen and oxygen atoms in total. The predicted octanol–water partition coefficient (Wildman–Crippen LogP) is 3.89. The molecule has 4 heteroatoms. The Labute approximate surface area is 127 Å². The molecular weight excluding hydrogens is 293 g/mol. The second-order valence-corrected chi connectivity index (χ2v) is 5.74. The van der Waals surface area contributed by atoms with Gasteiger partial charge in [-0.3, -0.25) is 4.79 Å². The second kappa shape index (κ2) is 5.57. The van der Waals surface area contributed by atoms with E-state index in [4.69, 9.17) is 23.2 Å². The van der Waals surface area contributed by atoms with Crippen molar-refractivity contribution in [2.24, 2.45) is 0 Å². The number of halogens is 2. The van der Waals surface area contributed by atoms with E-state index in [1.54, 1.807) is 18.2 Å². The molecule has 0 bridgehead atoms. The highest BCUT2D eigenvalue weighted by Gasteiger charge is 2.26. The van der Waals surface area contributed by atoms with Crippen molar-refractivity contribution in [1.82, 2.24) is 5.32 Å². The molecule has 0 saturated heterocycles. The fraction of sp³-hybridized carbons (Fsp3) is 0.188. The van der Waals surface area contributed by atoms with Gasteiger partial charge in [0.15, 0.2) is 5.78 Å². The van der Waals surface area contributed by atoms with Gasteiger partial charge >= 0.3 is 0 Å². The summed E-state index contributed by atoms with van der Waals surface area (Å²) in [7, 11) is 0. The molecule has 0 fully saturated rings. The quantitative estimate of drug-likeness (QED) is 0.853. The lowest BCUT2D eigenvalue weighted by Crippen LogP contribution is -2.41. The van der Waals surface area contributed by atoms with Gasteiger partial charge in [-0.25, -0.2) is 0 Å². The fourth-order valence-corrected chi connectivity index (χ4v) is 2.90. The summed E-state index contributed by atoms with van der Waals surface area (Å²) in [5, 5.41) is 4.24. The van der Waals surface area contributed by atoms with E-state index in [0.717, 1.165) is 0 Å². The van der Waals surface area contributed by atoms with Crippen LogP contribution in [0.2, 0.25) is 10.0 Å². The van der Waals surface area contributed by atoms with Crippen LogP contribution in [0.4, 0.5) is 0 Å². The van der Waals surface area contributed by atoms with E-state index in [0.29, 0.717) is 28.6 Å². The Morgan fingerprint density at radius 3 is 2.65 bits per heavy atom. The zero-order chi connectivity index (χ0) is 14.1. The molecule has 0 saturated carbocycles. The van der Waals surface area contributed by atoms with E-state index in [-0.39, 0.29) is 11.8 Å². The maximum absolute atomic E-state index is 12.6. The highest BCUT2D eigenvalue weighted by atomic mass is 35.5. The zero-order valence-electron chi connectivity index (χ0n) is 10.7. The summed E-state index contributed by atoms with van der Waals surface area (Å²) in [5.41, 5.74) is 2.94. The number of hydrogen-bond donors (Lipinski definition) is 1. The number of hydrogen-bond acceptors (Lipinski definition) is 2. The van der Waals surface area contributed by atoms with Crippen molar-refractivity contribution in [2.45, 2.75) is 19.0 Å². The van der Waals surface area contributed by atoms with E-state index >= 15 is 0 Å². The molecule has 0 amide bonds. The summed E-state index contributed by atoms with van der Waals surface area (Å²) in [4.78, 5) is 12.6. The standard InChI is InChI=1S/C16H13Cl2NO/c17-12-5-6-14(18)13(8-12)16(20)15-7-10-3-1-2-4-11(10)9-19-15/h1-6,8,15,19H,7,9H2. The molecule has 1 unspecified atom stereocenters. The van der Waals surface area contributed by atoms with Crippen molar-refractivity contribution in [2.75, 3.05) is 0 Å². The van der Waals surface area contributed by atoms with Crippen molar-refractivity contribution in [3.8, 4) is 0 Å². The Morgan fingerprint density at radius 1 is 1.10 bits per heavy atom. The highest BCUT2D eigenvalue weighted by Crippen LogP contribution is 2.24. The molecule has 0 aromatic heterocycles. The number of benzene rings is 2. The molecule has 0 aliphatic carbocycles. The Hall–Kier alpha value is -1.35. The molecule has 2 aromatic rings. The van der Waals surface area contributed by atoms with Gasteiger partial charge in [0.05, 0.1) is 11.1 Å². The van der Waals surface area contributed by atoms with Crippen molar-refractivity contribution in [1.29, 1.82) is 0 Å². The number of fused-ring (bicyclic) bond motifs is 1. The van der Waals surface area contributed by atoms with Gasteiger partial charge in [0.25, 0.3) is 0 Å². The zero-order valence-corrected chi connectivity index (χ0v) is 12.2. The Balaban J connectivity index is 1.88. The minimum Gasteiger partial charge on any atom is -0.303 e. The van der Waals surface area contributed by atoms with Gasteiger partial charge in [-0.05, 0) is 35.7 Å². The molecule has 1 heterocycles. The third kappa shape index (κ3) is 2.59. The van der Waals surface area contributed by atoms with Crippen molar-refractivity contribution in [3.05, 3.63) is 69.2 Å². The molecule has 1 aliphatic rings. The summed E-state index contributed by atoms with van der Waals surface area (Å²) in [6, 6.07) is 12.9. The van der Waals surface area contributed by atoms with Crippen LogP contribution in [-0.4, -0.2) is 11.8 Å². The van der Waals surface area contributed by atoms with E-state index in [1.807, 2.05) is 12.1 Å². The predicted molar refractivity (Wildman–Crippen MR) is 81.6 cm³/mol. The first-order valence-corrected chi connectivity index (χ1v) is 7.20. The molecule has 3 rings (SSSR count). The van der Waals surface area contributed by atoms with E-state index in [2.05, 4.69) is 17.4 Å². The molecule has 0 spiro atoms. The van der Waals surface area contributed by atoms with E-state index in [1.165, 1.54) is 11.1 Å². The van der Waals surface area contributed by atoms with Crippen molar-refractivity contribution in [3.63, 3.8) is 0 Å². The summed E-state index contributed by atoms with van der Waals surface area (Å²) in [6.07, 6.45) is 0.678. The molecule has 1 atom stereocenters. The average Bonchev–Trinajstić information content (AvgIpc) is 2.48. The van der Waals surface area contributed by atoms with E-state index < -0.39 is 0 Å². The number of Topliss-reactive ketones (excluding diaryl/α,β-unsaturated/α-hetero) is 1. The van der Waals surface area contributed by atoms with Gasteiger partial charge in [-0.2, -0.15) is 0 Å². The summed E-state index contributed by atoms with van der Waals surface area (Å²) in [6.45, 7) is 0.699. The molecule has 2 aromatic carbocycles. The fourth-order valence-electron chi connectivity index (χ4n) is 2.51. The lowest BCUT2D eigenvalue weighted by Gasteiger charge is -2.25. The van der Waals surface area contributed by atoms with Gasteiger partial charge in [-0.15, -0.1) is 0 Å². The van der Waals surface area contributed by atoms with Gasteiger partial charge in [0.2, 0.25) is 0 Å². The number of ketones is 1. The van der Waals surface area contributed by atoms with Gasteiger partial charge in [0.1, 0.15) is 0 Å². The summed E-state index contributed by atoms with van der Waals surface area (Å²) >= 11 is 12.1. The van der Waals surface area contributed by atoms with Crippen LogP contribution in [0.25, 0.3) is 0 Å². The number of carbonyl (C=O) groups is 1. The molecule has 102 valence electrons. The minimum absolute atomic E-state index is 0.00740. The first-order valence-electron chi connectivity index (χ1n) is 6.44. The maximum atomic E-state index is 12.6. The minimum atomic E-state index is -0.249. The topological polar surface area (TPSA) is 29.1 Å². The van der Waals surface area contributed by atoms with E-state index in [9.17, 15) is 4.79 Å². The van der Waals surface area contributed by atoms with Crippen LogP contribution in [0, 0.1) is 0 Å². The average molecular weight is 306 g/mol. The molecule has 20 heavy (non-hydrogen) atoms. The normalized spacial score (nSPS) is 17.6. The SMILES string of the molecule is O=C(c1cc(Cl)ccc1Cl)C1Cc2ccccc2CN1. The Bertz CT molecular complexity index is 669. The van der Waals surface area contributed by atoms with Gasteiger partial charge < -0.3 is 5.32 Å². The van der Waals surface area contributed by atoms with Crippen LogP contribution >= 0.6 is 23.2 Å². The second-order valence-electron chi connectivity index (χ2n) is 4.89. The van der Waals surface area contributed by atoms with Crippen LogP contribution in [0.15, 0.2) is 42.5 Å². The first-order chi connectivity index (χ1) is 9.65. The lowest BCUT2D eigenvalue weighted by atomic mass is 9.91. The number of nitrogens with one attached hydrogen (secondary N) is 1. The third-order valence-electron chi connectivity index (χ3n) is 3.59. The number of carbonyl (C=O) groups excluding carboxylic acids is 1. The van der Waals surface area contributed by atoms with Crippen LogP contribution in [0.1, 0.15) is 21.5 Å². The highest BCUT2D eigenvalue weighted by molar-refractivity contribution is 6.36. The number of rotatable bonds is 2. The maximum Gasteiger partial charge on any atom is 0.181 e. The van der Waals surface area contributed by atoms with Crippen molar-refractivity contribution >= 4 is 29.0 Å². The Kier molecular flexibility index (Phi) is 3.79. The summed E-state index contributed by atoms with van der Waals surface area (Å²) in [5.74, 6) is -0.00740. The van der Waals surface area contributed by atoms with Crippen molar-refractivity contribution < 1.29 is 4.79 Å². The molecule has 1 aliphatic heterocycles. The third-order valence-corrected chi connectivity index (χ3v) is 4.16. The molecule has 0 radical (unpaired) electrons. The molecule has 1 N–H and O–H groups in total. The van der Waals surface area contributed by atoms with Gasteiger partial charge in [-0.1, -0.05) is 47.5 Å². The largest absolute Gasteiger partial charge is 0.303 e. The molecular formula is C16H13Cl2NO. The lowest BCUT2D eigenvalue weighted by molar-refractivity contribution is 0.0938. The first kappa shape index (κ1) is 13.6.